The fourth-order valence-electron chi connectivity index (χ4n) is 2.72. The summed E-state index contributed by atoms with van der Waals surface area (Å²) < 4.78 is 48.1. The van der Waals surface area contributed by atoms with E-state index in [-0.39, 0.29) is 28.7 Å². The van der Waals surface area contributed by atoms with Gasteiger partial charge in [-0.05, 0) is 42.8 Å². The lowest BCUT2D eigenvalue weighted by molar-refractivity contribution is 0.102. The second-order valence-corrected chi connectivity index (χ2v) is 10.4. The van der Waals surface area contributed by atoms with Crippen LogP contribution < -0.4 is 5.32 Å². The van der Waals surface area contributed by atoms with Crippen LogP contribution in [0.25, 0.3) is 0 Å². The van der Waals surface area contributed by atoms with Gasteiger partial charge in [0, 0.05) is 11.3 Å². The largest absolute Gasteiger partial charge is 0.322 e. The maximum Gasteiger partial charge on any atom is 0.255 e. The van der Waals surface area contributed by atoms with Crippen molar-refractivity contribution in [2.75, 3.05) is 16.8 Å². The van der Waals surface area contributed by atoms with Crippen LogP contribution in [0.3, 0.4) is 0 Å². The predicted octanol–water partition coefficient (Wildman–Crippen LogP) is 1.90. The molecule has 1 aliphatic heterocycles. The molecule has 2 aromatic carbocycles. The molecule has 0 unspecified atom stereocenters. The number of carbonyl (C=O) groups is 1. The van der Waals surface area contributed by atoms with Crippen molar-refractivity contribution in [3.05, 3.63) is 60.2 Å². The molecule has 0 aliphatic carbocycles. The van der Waals surface area contributed by atoms with Crippen molar-refractivity contribution in [3.63, 3.8) is 0 Å². The quantitative estimate of drug-likeness (QED) is 0.875. The Morgan fingerprint density at radius 3 is 2.20 bits per heavy atom. The van der Waals surface area contributed by atoms with Gasteiger partial charge in [0.2, 0.25) is 0 Å². The Labute approximate surface area is 146 Å². The summed E-state index contributed by atoms with van der Waals surface area (Å²) in [5, 5.41) is 1.80. The topological polar surface area (TPSA) is 97.4 Å². The summed E-state index contributed by atoms with van der Waals surface area (Å²) in [7, 11) is -7.01. The van der Waals surface area contributed by atoms with Gasteiger partial charge in [0.15, 0.2) is 19.7 Å². The molecule has 8 heteroatoms. The fraction of sp³-hybridized carbons (Fsp3) is 0.235. The van der Waals surface area contributed by atoms with Crippen LogP contribution in [0.4, 0.5) is 5.69 Å². The molecule has 0 saturated carbocycles. The van der Waals surface area contributed by atoms with Crippen molar-refractivity contribution in [1.29, 1.82) is 0 Å². The zero-order valence-electron chi connectivity index (χ0n) is 13.3. The zero-order valence-corrected chi connectivity index (χ0v) is 14.9. The van der Waals surface area contributed by atoms with Crippen LogP contribution in [-0.4, -0.2) is 39.5 Å². The number of sulfone groups is 2. The maximum absolute atomic E-state index is 12.5. The third-order valence-corrected chi connectivity index (χ3v) is 8.29. The van der Waals surface area contributed by atoms with Gasteiger partial charge in [-0.1, -0.05) is 18.2 Å². The number of anilines is 1. The van der Waals surface area contributed by atoms with Crippen LogP contribution in [0.5, 0.6) is 0 Å². The first-order valence-corrected chi connectivity index (χ1v) is 11.1. The molecular formula is C17H17NO5S2. The van der Waals surface area contributed by atoms with E-state index in [4.69, 9.17) is 0 Å². The molecule has 0 spiro atoms. The molecule has 1 fully saturated rings. The normalized spacial score (nSPS) is 19.4. The first-order valence-electron chi connectivity index (χ1n) is 7.69. The molecule has 0 bridgehead atoms. The fourth-order valence-corrected chi connectivity index (χ4v) is 7.08. The Kier molecular flexibility index (Phi) is 4.66. The first kappa shape index (κ1) is 17.6. The van der Waals surface area contributed by atoms with Crippen LogP contribution >= 0.6 is 0 Å². The smallest absolute Gasteiger partial charge is 0.255 e. The lowest BCUT2D eigenvalue weighted by atomic mass is 10.2. The van der Waals surface area contributed by atoms with E-state index in [0.29, 0.717) is 11.3 Å². The van der Waals surface area contributed by atoms with Crippen LogP contribution in [0.2, 0.25) is 0 Å². The average molecular weight is 379 g/mol. The van der Waals surface area contributed by atoms with Gasteiger partial charge in [-0.2, -0.15) is 0 Å². The van der Waals surface area contributed by atoms with Crippen LogP contribution in [0.1, 0.15) is 16.8 Å². The first-order chi connectivity index (χ1) is 11.8. The summed E-state index contributed by atoms with van der Waals surface area (Å²) in [6.07, 6.45) is 0.112. The van der Waals surface area contributed by atoms with Gasteiger partial charge in [-0.25, -0.2) is 16.8 Å². The zero-order chi connectivity index (χ0) is 18.1. The van der Waals surface area contributed by atoms with Gasteiger partial charge in [0.25, 0.3) is 5.91 Å². The summed E-state index contributed by atoms with van der Waals surface area (Å²) in [6.45, 7) is 0. The molecule has 1 heterocycles. The highest BCUT2D eigenvalue weighted by Gasteiger charge is 2.37. The number of rotatable bonds is 4. The van der Waals surface area contributed by atoms with Crippen LogP contribution in [0, 0.1) is 0 Å². The van der Waals surface area contributed by atoms with Gasteiger partial charge in [-0.3, -0.25) is 4.79 Å². The number of hydrogen-bond acceptors (Lipinski definition) is 5. The number of amides is 1. The molecule has 1 aliphatic rings. The molecule has 1 N–H and O–H groups in total. The molecule has 0 radical (unpaired) electrons. The number of carbonyl (C=O) groups excluding carboxylic acids is 1. The van der Waals surface area contributed by atoms with Gasteiger partial charge < -0.3 is 5.32 Å². The van der Waals surface area contributed by atoms with E-state index in [0.717, 1.165) is 0 Å². The van der Waals surface area contributed by atoms with Gasteiger partial charge in [0.05, 0.1) is 21.7 Å². The van der Waals surface area contributed by atoms with Crippen molar-refractivity contribution in [2.24, 2.45) is 0 Å². The van der Waals surface area contributed by atoms with Crippen molar-refractivity contribution in [2.45, 2.75) is 16.6 Å². The third kappa shape index (κ3) is 3.91. The molecule has 3 rings (SSSR count). The standard InChI is InChI=1S/C17H17NO5S2/c19-17(18-14-4-2-1-3-5-14)13-6-8-15(9-7-13)25(22,23)16-10-11-24(20,21)12-16/h1-9,16H,10-12H2,(H,18,19)/t16-/m1/s1. The van der Waals surface area contributed by atoms with E-state index in [1.54, 1.807) is 24.3 Å². The second-order valence-electron chi connectivity index (χ2n) is 5.91. The molecule has 1 saturated heterocycles. The van der Waals surface area contributed by atoms with Crippen molar-refractivity contribution < 1.29 is 21.6 Å². The Morgan fingerprint density at radius 1 is 1.00 bits per heavy atom. The van der Waals surface area contributed by atoms with E-state index in [1.165, 1.54) is 24.3 Å². The SMILES string of the molecule is O=C(Nc1ccccc1)c1ccc(S(=O)(=O)[C@@H]2CCS(=O)(=O)C2)cc1. The highest BCUT2D eigenvalue weighted by atomic mass is 32.2. The lowest BCUT2D eigenvalue weighted by Gasteiger charge is -2.11. The summed E-state index contributed by atoms with van der Waals surface area (Å²) >= 11 is 0. The average Bonchev–Trinajstić information content (AvgIpc) is 2.96. The summed E-state index contributed by atoms with van der Waals surface area (Å²) in [4.78, 5) is 12.2. The Bertz CT molecular complexity index is 981. The number of para-hydroxylation sites is 1. The minimum atomic E-state index is -3.72. The molecule has 132 valence electrons. The number of hydrogen-bond donors (Lipinski definition) is 1. The monoisotopic (exact) mass is 379 g/mol. The molecular weight excluding hydrogens is 362 g/mol. The Hall–Kier alpha value is -2.19. The highest BCUT2D eigenvalue weighted by Crippen LogP contribution is 2.25. The Balaban J connectivity index is 1.77. The number of benzene rings is 2. The molecule has 6 nitrogen and oxygen atoms in total. The summed E-state index contributed by atoms with van der Waals surface area (Å²) in [6, 6.07) is 14.5. The van der Waals surface area contributed by atoms with E-state index in [1.807, 2.05) is 6.07 Å². The van der Waals surface area contributed by atoms with Gasteiger partial charge >= 0.3 is 0 Å². The molecule has 25 heavy (non-hydrogen) atoms. The van der Waals surface area contributed by atoms with E-state index >= 15 is 0 Å². The Morgan fingerprint density at radius 2 is 1.64 bits per heavy atom. The molecule has 1 atom stereocenters. The van der Waals surface area contributed by atoms with Crippen LogP contribution in [0.15, 0.2) is 59.5 Å². The minimum absolute atomic E-state index is 0.0332. The van der Waals surface area contributed by atoms with Crippen LogP contribution in [-0.2, 0) is 19.7 Å². The van der Waals surface area contributed by atoms with Crippen molar-refractivity contribution in [3.8, 4) is 0 Å². The van der Waals surface area contributed by atoms with Gasteiger partial charge in [0.1, 0.15) is 0 Å². The second kappa shape index (κ2) is 6.61. The molecule has 2 aromatic rings. The highest BCUT2D eigenvalue weighted by molar-refractivity contribution is 7.96. The van der Waals surface area contributed by atoms with E-state index in [2.05, 4.69) is 5.32 Å². The maximum atomic E-state index is 12.5. The predicted molar refractivity (Wildman–Crippen MR) is 95.1 cm³/mol. The molecule has 1 amide bonds. The summed E-state index contributed by atoms with van der Waals surface area (Å²) in [5.41, 5.74) is 0.960. The van der Waals surface area contributed by atoms with Crippen molar-refractivity contribution >= 4 is 31.3 Å². The van der Waals surface area contributed by atoms with E-state index < -0.39 is 24.9 Å². The summed E-state index contributed by atoms with van der Waals surface area (Å²) in [5.74, 6) is -0.793. The van der Waals surface area contributed by atoms with E-state index in [9.17, 15) is 21.6 Å². The van der Waals surface area contributed by atoms with Gasteiger partial charge in [-0.15, -0.1) is 0 Å². The number of nitrogens with one attached hydrogen (secondary N) is 1. The third-order valence-electron chi connectivity index (χ3n) is 4.11. The van der Waals surface area contributed by atoms with Crippen molar-refractivity contribution in [1.82, 2.24) is 0 Å². The lowest BCUT2D eigenvalue weighted by Crippen LogP contribution is -2.22. The molecule has 0 aromatic heterocycles. The minimum Gasteiger partial charge on any atom is -0.322 e.